The first-order valence-corrected chi connectivity index (χ1v) is 10.9. The molecule has 0 aliphatic carbocycles. The van der Waals surface area contributed by atoms with Crippen LogP contribution in [-0.4, -0.2) is 62.2 Å². The van der Waals surface area contributed by atoms with Crippen LogP contribution in [0.3, 0.4) is 0 Å². The third-order valence-corrected chi connectivity index (χ3v) is 8.58. The van der Waals surface area contributed by atoms with Crippen LogP contribution in [0.1, 0.15) is 11.5 Å². The highest BCUT2D eigenvalue weighted by Crippen LogP contribution is 2.62. The van der Waals surface area contributed by atoms with Gasteiger partial charge < -0.3 is 13.9 Å². The van der Waals surface area contributed by atoms with Crippen molar-refractivity contribution in [3.8, 4) is 0 Å². The molecular weight excluding hydrogens is 351 g/mol. The minimum atomic E-state index is -2.98. The van der Waals surface area contributed by atoms with E-state index in [-0.39, 0.29) is 5.78 Å². The molecule has 0 N–H and O–H groups in total. The number of nitrogens with zero attached hydrogens (tertiary/aromatic N) is 2. The molecule has 0 amide bonds. The summed E-state index contributed by atoms with van der Waals surface area (Å²) in [6.45, 7) is 5.31. The molecule has 26 heavy (non-hydrogen) atoms. The van der Waals surface area contributed by atoms with Gasteiger partial charge in [-0.2, -0.15) is 0 Å². The monoisotopic (exact) mass is 376 g/mol. The quantitative estimate of drug-likeness (QED) is 0.748. The molecule has 3 heterocycles. The fourth-order valence-corrected chi connectivity index (χ4v) is 7.23. The molecule has 2 atom stereocenters. The molecule has 0 unspecified atom stereocenters. The Hall–Kier alpha value is -1.43. The van der Waals surface area contributed by atoms with Gasteiger partial charge in [-0.1, -0.05) is 30.3 Å². The normalized spacial score (nSPS) is 23.4. The van der Waals surface area contributed by atoms with Crippen molar-refractivity contribution in [3.05, 3.63) is 54.5 Å². The van der Waals surface area contributed by atoms with E-state index in [1.54, 1.807) is 6.26 Å². The zero-order valence-corrected chi connectivity index (χ0v) is 15.7. The average Bonchev–Trinajstić information content (AvgIpc) is 3.24. The predicted molar refractivity (Wildman–Crippen MR) is 99.9 cm³/mol. The molecule has 2 aromatic rings. The van der Waals surface area contributed by atoms with Gasteiger partial charge in [0.1, 0.15) is 11.5 Å². The number of hydrogen-bond donors (Lipinski definition) is 0. The van der Waals surface area contributed by atoms with Gasteiger partial charge in [0.05, 0.1) is 32.7 Å². The average molecular weight is 376 g/mol. The molecule has 6 nitrogen and oxygen atoms in total. The number of furan rings is 1. The van der Waals surface area contributed by atoms with Crippen molar-refractivity contribution in [2.24, 2.45) is 0 Å². The summed E-state index contributed by atoms with van der Waals surface area (Å²) >= 11 is 0. The fourth-order valence-electron chi connectivity index (χ4n) is 3.79. The number of hydrogen-bond acceptors (Lipinski definition) is 5. The Morgan fingerprint density at radius 2 is 1.50 bits per heavy atom. The third-order valence-electron chi connectivity index (χ3n) is 5.05. The summed E-state index contributed by atoms with van der Waals surface area (Å²) in [7, 11) is -2.98. The van der Waals surface area contributed by atoms with E-state index in [2.05, 4.69) is 9.57 Å². The van der Waals surface area contributed by atoms with Gasteiger partial charge in [0.15, 0.2) is 0 Å². The van der Waals surface area contributed by atoms with Gasteiger partial charge in [-0.3, -0.25) is 9.46 Å². The van der Waals surface area contributed by atoms with Crippen LogP contribution in [0.5, 0.6) is 0 Å². The second-order valence-electron chi connectivity index (χ2n) is 6.56. The Balaban J connectivity index is 1.82. The minimum Gasteiger partial charge on any atom is -0.467 e. The van der Waals surface area contributed by atoms with Gasteiger partial charge in [-0.25, -0.2) is 4.67 Å². The van der Waals surface area contributed by atoms with Crippen LogP contribution in [0.4, 0.5) is 0 Å². The SMILES string of the molecule is O=[P@@](c1ccccc1)([C@H](c1ccco1)N1CCOCC1)N1CCOCC1. The van der Waals surface area contributed by atoms with Crippen molar-refractivity contribution >= 4 is 12.6 Å². The first kappa shape index (κ1) is 18.0. The number of rotatable bonds is 5. The van der Waals surface area contributed by atoms with Crippen LogP contribution in [0.15, 0.2) is 53.1 Å². The molecule has 0 radical (unpaired) electrons. The molecule has 0 spiro atoms. The summed E-state index contributed by atoms with van der Waals surface area (Å²) in [6.07, 6.45) is 1.66. The minimum absolute atomic E-state index is 0.318. The lowest BCUT2D eigenvalue weighted by molar-refractivity contribution is 0.0241. The zero-order chi connectivity index (χ0) is 17.8. The maximum atomic E-state index is 14.8. The standard InChI is InChI=1S/C19H25N2O4P/c22-26(17-5-2-1-3-6-17,21-10-15-24-16-11-21)19(18-7-4-12-25-18)20-8-13-23-14-9-20/h1-7,12,19H,8-11,13-16H2/t19-,26+/m1/s1. The Bertz CT molecular complexity index is 725. The summed E-state index contributed by atoms with van der Waals surface area (Å²) in [4.78, 5) is 2.26. The van der Waals surface area contributed by atoms with Crippen molar-refractivity contribution < 1.29 is 18.5 Å². The van der Waals surface area contributed by atoms with E-state index < -0.39 is 7.29 Å². The molecule has 2 fully saturated rings. The van der Waals surface area contributed by atoms with Crippen LogP contribution >= 0.6 is 7.29 Å². The number of ether oxygens (including phenoxy) is 2. The molecule has 2 aliphatic rings. The summed E-state index contributed by atoms with van der Waals surface area (Å²) in [5.41, 5.74) is 0. The van der Waals surface area contributed by atoms with Gasteiger partial charge >= 0.3 is 0 Å². The van der Waals surface area contributed by atoms with Crippen LogP contribution in [0, 0.1) is 0 Å². The van der Waals surface area contributed by atoms with Crippen LogP contribution in [-0.2, 0) is 14.0 Å². The van der Waals surface area contributed by atoms with E-state index in [4.69, 9.17) is 13.9 Å². The highest BCUT2D eigenvalue weighted by molar-refractivity contribution is 7.69. The maximum Gasteiger partial charge on any atom is 0.202 e. The molecule has 1 aromatic carbocycles. The Morgan fingerprint density at radius 1 is 0.846 bits per heavy atom. The van der Waals surface area contributed by atoms with E-state index in [1.165, 1.54) is 0 Å². The second-order valence-corrected chi connectivity index (χ2v) is 9.38. The number of benzene rings is 1. The fraction of sp³-hybridized carbons (Fsp3) is 0.474. The Morgan fingerprint density at radius 3 is 2.12 bits per heavy atom. The van der Waals surface area contributed by atoms with Gasteiger partial charge in [-0.05, 0) is 12.1 Å². The molecular formula is C19H25N2O4P. The van der Waals surface area contributed by atoms with Crippen molar-refractivity contribution in [3.63, 3.8) is 0 Å². The molecule has 1 aromatic heterocycles. The van der Waals surface area contributed by atoms with E-state index in [0.717, 1.165) is 24.2 Å². The van der Waals surface area contributed by atoms with Gasteiger partial charge in [0.2, 0.25) is 7.29 Å². The van der Waals surface area contributed by atoms with Gasteiger partial charge in [-0.15, -0.1) is 0 Å². The highest BCUT2D eigenvalue weighted by atomic mass is 31.2. The van der Waals surface area contributed by atoms with E-state index in [0.29, 0.717) is 39.5 Å². The summed E-state index contributed by atoms with van der Waals surface area (Å²) < 4.78 is 33.8. The van der Waals surface area contributed by atoms with E-state index in [9.17, 15) is 4.57 Å². The van der Waals surface area contributed by atoms with E-state index >= 15 is 0 Å². The van der Waals surface area contributed by atoms with Crippen LogP contribution < -0.4 is 5.30 Å². The smallest absolute Gasteiger partial charge is 0.202 e. The Kier molecular flexibility index (Phi) is 5.57. The first-order chi connectivity index (χ1) is 12.8. The second kappa shape index (κ2) is 8.07. The van der Waals surface area contributed by atoms with Gasteiger partial charge in [0.25, 0.3) is 0 Å². The van der Waals surface area contributed by atoms with Crippen molar-refractivity contribution in [1.82, 2.24) is 9.57 Å². The lowest BCUT2D eigenvalue weighted by Crippen LogP contribution is -2.45. The largest absolute Gasteiger partial charge is 0.467 e. The Labute approximate surface area is 154 Å². The topological polar surface area (TPSA) is 55.2 Å². The molecule has 2 saturated heterocycles. The summed E-state index contributed by atoms with van der Waals surface area (Å²) in [5, 5.41) is 0.870. The van der Waals surface area contributed by atoms with Gasteiger partial charge in [0, 0.05) is 31.5 Å². The van der Waals surface area contributed by atoms with Crippen LogP contribution in [0.2, 0.25) is 0 Å². The molecule has 7 heteroatoms. The highest BCUT2D eigenvalue weighted by Gasteiger charge is 2.46. The van der Waals surface area contributed by atoms with Crippen molar-refractivity contribution in [2.75, 3.05) is 52.6 Å². The van der Waals surface area contributed by atoms with E-state index in [1.807, 2.05) is 42.5 Å². The molecule has 140 valence electrons. The maximum absolute atomic E-state index is 14.8. The molecule has 0 bridgehead atoms. The lowest BCUT2D eigenvalue weighted by atomic mass is 10.3. The number of morpholine rings is 2. The van der Waals surface area contributed by atoms with Crippen LogP contribution in [0.25, 0.3) is 0 Å². The van der Waals surface area contributed by atoms with Crippen molar-refractivity contribution in [1.29, 1.82) is 0 Å². The summed E-state index contributed by atoms with van der Waals surface area (Å²) in [5.74, 6) is 0.437. The predicted octanol–water partition coefficient (Wildman–Crippen LogP) is 2.55. The molecule has 2 aliphatic heterocycles. The molecule has 4 rings (SSSR count). The van der Waals surface area contributed by atoms with Crippen molar-refractivity contribution in [2.45, 2.75) is 5.78 Å². The summed E-state index contributed by atoms with van der Waals surface area (Å²) in [6, 6.07) is 13.7. The lowest BCUT2D eigenvalue weighted by Gasteiger charge is -2.43. The zero-order valence-electron chi connectivity index (χ0n) is 14.8. The molecule has 0 saturated carbocycles. The first-order valence-electron chi connectivity index (χ1n) is 9.14. The third kappa shape index (κ3) is 3.40.